The molecule has 222 valence electrons. The number of carbonyl (C=O) groups excluding carboxylic acids is 2. The van der Waals surface area contributed by atoms with E-state index >= 15 is 0 Å². The van der Waals surface area contributed by atoms with Crippen LogP contribution in [0.15, 0.2) is 34.6 Å². The Hall–Kier alpha value is -1.96. The number of allylic oxidation sites excluding steroid dienone is 1. The van der Waals surface area contributed by atoms with Crippen LogP contribution in [0.2, 0.25) is 0 Å². The molecule has 0 aromatic carbocycles. The van der Waals surface area contributed by atoms with Crippen molar-refractivity contribution in [2.24, 2.45) is 23.7 Å². The molecule has 2 bridgehead atoms. The van der Waals surface area contributed by atoms with Crippen LogP contribution in [-0.2, 0) is 19.1 Å². The number of esters is 1. The van der Waals surface area contributed by atoms with Crippen LogP contribution < -0.4 is 0 Å². The van der Waals surface area contributed by atoms with Gasteiger partial charge in [0.25, 0.3) is 0 Å². The number of hydrogen-bond acceptors (Lipinski definition) is 7. The third-order valence-corrected chi connectivity index (χ3v) is 8.70. The van der Waals surface area contributed by atoms with Crippen molar-refractivity contribution >= 4 is 11.8 Å². The number of fused-ring (bicyclic) bond motifs is 2. The summed E-state index contributed by atoms with van der Waals surface area (Å²) in [5.41, 5.74) is 1.59. The van der Waals surface area contributed by atoms with Crippen LogP contribution in [0.4, 0.5) is 0 Å². The molecule has 7 heteroatoms. The zero-order valence-electron chi connectivity index (χ0n) is 25.5. The maximum atomic E-state index is 13.0. The van der Waals surface area contributed by atoms with Gasteiger partial charge in [0.1, 0.15) is 18.3 Å². The predicted octanol–water partition coefficient (Wildman–Crippen LogP) is 5.42. The van der Waals surface area contributed by atoms with E-state index in [0.717, 1.165) is 11.1 Å². The number of ketones is 1. The Balaban J connectivity index is 2.14. The average Bonchev–Trinajstić information content (AvgIpc) is 3.09. The first kappa shape index (κ1) is 33.2. The minimum absolute atomic E-state index is 0.0588. The molecule has 3 N–H and O–H groups in total. The molecule has 9 atom stereocenters. The summed E-state index contributed by atoms with van der Waals surface area (Å²) in [4.78, 5) is 25.9. The van der Waals surface area contributed by atoms with Gasteiger partial charge < -0.3 is 24.8 Å². The monoisotopic (exact) mass is 548 g/mol. The zero-order chi connectivity index (χ0) is 29.7. The molecule has 0 amide bonds. The fourth-order valence-corrected chi connectivity index (χ4v) is 6.14. The van der Waals surface area contributed by atoms with Crippen molar-refractivity contribution in [2.75, 3.05) is 0 Å². The van der Waals surface area contributed by atoms with Crippen molar-refractivity contribution in [3.8, 4) is 0 Å². The molecule has 2 heterocycles. The normalized spacial score (nSPS) is 28.4. The molecule has 0 aromatic rings. The Morgan fingerprint density at radius 3 is 2.36 bits per heavy atom. The second-order valence-corrected chi connectivity index (χ2v) is 12.3. The SMILES string of the molecule is CCC1=C2CC(=O)OC(C(C)C(O)C(C)CC(C)=CC(C)C(O)C(C)C(O)CC)CC=C(C)CC(C)(O2)C1=O. The predicted molar refractivity (Wildman–Crippen MR) is 153 cm³/mol. The standard InChI is InChI=1S/C32H52O7/c1-10-24-27-16-28(34)38-26(13-12-18(3)17-32(9,39-27)31(24)37)23(8)30(36)21(6)15-19(4)14-20(5)29(35)22(7)25(33)11-2/h12,14,20-23,25-26,29-30,33,35-36H,10-11,13,15-17H2,1-9H3. The Kier molecular flexibility index (Phi) is 12.0. The number of Topliss-reactive ketones (excluding diaryl/α,β-unsaturated/α-hetero) is 1. The number of rotatable bonds is 11. The molecule has 9 unspecified atom stereocenters. The van der Waals surface area contributed by atoms with Crippen LogP contribution >= 0.6 is 0 Å². The lowest BCUT2D eigenvalue weighted by Crippen LogP contribution is -2.37. The van der Waals surface area contributed by atoms with Gasteiger partial charge in [0, 0.05) is 36.2 Å². The molecule has 39 heavy (non-hydrogen) atoms. The molecule has 0 saturated carbocycles. The first-order valence-corrected chi connectivity index (χ1v) is 14.7. The lowest BCUT2D eigenvalue weighted by molar-refractivity contribution is -0.154. The number of ether oxygens (including phenoxy) is 2. The van der Waals surface area contributed by atoms with Crippen molar-refractivity contribution < 1.29 is 34.4 Å². The van der Waals surface area contributed by atoms with E-state index in [4.69, 9.17) is 9.47 Å². The van der Waals surface area contributed by atoms with E-state index in [1.165, 1.54) is 0 Å². The summed E-state index contributed by atoms with van der Waals surface area (Å²) in [6.45, 7) is 17.2. The summed E-state index contributed by atoms with van der Waals surface area (Å²) in [6.07, 6.45) is 4.08. The number of carbonyl (C=O) groups is 2. The van der Waals surface area contributed by atoms with E-state index in [1.54, 1.807) is 6.92 Å². The smallest absolute Gasteiger partial charge is 0.313 e. The van der Waals surface area contributed by atoms with Gasteiger partial charge in [0.05, 0.1) is 18.3 Å². The van der Waals surface area contributed by atoms with Gasteiger partial charge >= 0.3 is 5.97 Å². The van der Waals surface area contributed by atoms with Gasteiger partial charge in [-0.15, -0.1) is 0 Å². The molecule has 7 nitrogen and oxygen atoms in total. The molecule has 0 radical (unpaired) electrons. The number of hydrogen-bond donors (Lipinski definition) is 3. The molecule has 0 aromatic heterocycles. The van der Waals surface area contributed by atoms with E-state index in [0.29, 0.717) is 43.4 Å². The Bertz CT molecular complexity index is 964. The molecular formula is C32H52O7. The van der Waals surface area contributed by atoms with Crippen molar-refractivity contribution in [3.05, 3.63) is 34.6 Å². The van der Waals surface area contributed by atoms with Gasteiger partial charge in [-0.3, -0.25) is 9.59 Å². The van der Waals surface area contributed by atoms with Crippen molar-refractivity contribution in [1.29, 1.82) is 0 Å². The maximum Gasteiger partial charge on any atom is 0.313 e. The molecule has 2 aliphatic heterocycles. The summed E-state index contributed by atoms with van der Waals surface area (Å²) in [5, 5.41) is 32.0. The molecule has 0 fully saturated rings. The fourth-order valence-electron chi connectivity index (χ4n) is 6.14. The van der Waals surface area contributed by atoms with Crippen molar-refractivity contribution in [3.63, 3.8) is 0 Å². The van der Waals surface area contributed by atoms with E-state index in [-0.39, 0.29) is 35.9 Å². The molecular weight excluding hydrogens is 496 g/mol. The second-order valence-electron chi connectivity index (χ2n) is 12.3. The van der Waals surface area contributed by atoms with Crippen molar-refractivity contribution in [2.45, 2.75) is 131 Å². The van der Waals surface area contributed by atoms with E-state index in [9.17, 15) is 24.9 Å². The van der Waals surface area contributed by atoms with Gasteiger partial charge in [-0.05, 0) is 46.0 Å². The van der Waals surface area contributed by atoms with Gasteiger partial charge in [0.2, 0.25) is 5.78 Å². The Labute approximate surface area is 235 Å². The summed E-state index contributed by atoms with van der Waals surface area (Å²) in [7, 11) is 0. The second kappa shape index (κ2) is 14.1. The minimum atomic E-state index is -0.998. The lowest BCUT2D eigenvalue weighted by atomic mass is 9.83. The third-order valence-electron chi connectivity index (χ3n) is 8.70. The van der Waals surface area contributed by atoms with Gasteiger partial charge in [-0.2, -0.15) is 0 Å². The fraction of sp³-hybridized carbons (Fsp3) is 0.750. The largest absolute Gasteiger partial charge is 0.482 e. The van der Waals surface area contributed by atoms with Gasteiger partial charge in [-0.25, -0.2) is 0 Å². The van der Waals surface area contributed by atoms with Crippen LogP contribution in [0, 0.1) is 23.7 Å². The van der Waals surface area contributed by atoms with Crippen LogP contribution in [0.5, 0.6) is 0 Å². The summed E-state index contributed by atoms with van der Waals surface area (Å²) in [6, 6.07) is 0. The zero-order valence-corrected chi connectivity index (χ0v) is 25.5. The van der Waals surface area contributed by atoms with Crippen LogP contribution in [0.3, 0.4) is 0 Å². The number of cyclic esters (lactones) is 1. The summed E-state index contributed by atoms with van der Waals surface area (Å²) < 4.78 is 11.9. The average molecular weight is 549 g/mol. The molecule has 0 spiro atoms. The highest BCUT2D eigenvalue weighted by Crippen LogP contribution is 2.39. The summed E-state index contributed by atoms with van der Waals surface area (Å²) in [5.74, 6) is -0.900. The molecule has 2 rings (SSSR count). The van der Waals surface area contributed by atoms with E-state index in [2.05, 4.69) is 0 Å². The first-order chi connectivity index (χ1) is 18.1. The Morgan fingerprint density at radius 2 is 1.77 bits per heavy atom. The minimum Gasteiger partial charge on any atom is -0.482 e. The topological polar surface area (TPSA) is 113 Å². The quantitative estimate of drug-likeness (QED) is 0.233. The number of aliphatic hydroxyl groups is 3. The van der Waals surface area contributed by atoms with Crippen molar-refractivity contribution in [1.82, 2.24) is 0 Å². The highest BCUT2D eigenvalue weighted by atomic mass is 16.6. The van der Waals surface area contributed by atoms with Crippen LogP contribution in [-0.4, -0.2) is 57.1 Å². The third kappa shape index (κ3) is 8.27. The van der Waals surface area contributed by atoms with E-state index in [1.807, 2.05) is 67.5 Å². The van der Waals surface area contributed by atoms with Gasteiger partial charge in [0.15, 0.2) is 5.60 Å². The van der Waals surface area contributed by atoms with Crippen LogP contribution in [0.1, 0.15) is 101 Å². The van der Waals surface area contributed by atoms with Gasteiger partial charge in [-0.1, -0.05) is 64.8 Å². The highest BCUT2D eigenvalue weighted by Gasteiger charge is 2.45. The Morgan fingerprint density at radius 1 is 1.13 bits per heavy atom. The maximum absolute atomic E-state index is 13.0. The first-order valence-electron chi connectivity index (χ1n) is 14.7. The lowest BCUT2D eigenvalue weighted by Gasteiger charge is -2.31. The van der Waals surface area contributed by atoms with Crippen LogP contribution in [0.25, 0.3) is 0 Å². The van der Waals surface area contributed by atoms with E-state index < -0.39 is 36.0 Å². The molecule has 0 saturated heterocycles. The summed E-state index contributed by atoms with van der Waals surface area (Å²) >= 11 is 0. The molecule has 0 aliphatic carbocycles. The highest BCUT2D eigenvalue weighted by molar-refractivity contribution is 6.04. The number of aliphatic hydroxyl groups excluding tert-OH is 3. The molecule has 2 aliphatic rings.